The molecule has 1 N–H and O–H groups in total. The van der Waals surface area contributed by atoms with E-state index < -0.39 is 30.7 Å². The predicted octanol–water partition coefficient (Wildman–Crippen LogP) is 1.16. The first-order chi connectivity index (χ1) is 6.31. The Labute approximate surface area is 77.7 Å². The Morgan fingerprint density at radius 3 is 2.43 bits per heavy atom. The summed E-state index contributed by atoms with van der Waals surface area (Å²) >= 11 is 0. The first kappa shape index (κ1) is 12.7. The zero-order valence-electron chi connectivity index (χ0n) is 7.23. The minimum Gasteiger partial charge on any atom is -0.349 e. The molecular weight excluding hydrogens is 204 g/mol. The summed E-state index contributed by atoms with van der Waals surface area (Å²) in [6.07, 6.45) is -3.83. The quantitative estimate of drug-likeness (QED) is 0.711. The summed E-state index contributed by atoms with van der Waals surface area (Å²) in [6.45, 7) is -0.286. The molecule has 14 heavy (non-hydrogen) atoms. The molecule has 0 saturated heterocycles. The summed E-state index contributed by atoms with van der Waals surface area (Å²) in [4.78, 5) is 10.7. The van der Waals surface area contributed by atoms with Gasteiger partial charge >= 0.3 is 12.3 Å². The summed E-state index contributed by atoms with van der Waals surface area (Å²) < 4.78 is 47.6. The summed E-state index contributed by atoms with van der Waals surface area (Å²) in [6, 6.07) is 1.49. The normalized spacial score (nSPS) is 13.5. The van der Waals surface area contributed by atoms with Crippen LogP contribution in [0.2, 0.25) is 0 Å². The number of carbonyl (C=O) groups is 1. The van der Waals surface area contributed by atoms with Gasteiger partial charge in [-0.3, -0.25) is 4.79 Å². The molecule has 1 atom stereocenters. The highest BCUT2D eigenvalue weighted by Crippen LogP contribution is 2.21. The van der Waals surface area contributed by atoms with Gasteiger partial charge in [-0.25, -0.2) is 8.78 Å². The lowest BCUT2D eigenvalue weighted by molar-refractivity contribution is -0.137. The Kier molecular flexibility index (Phi) is 4.34. The second-order valence-corrected chi connectivity index (χ2v) is 2.63. The minimum atomic E-state index is -4.26. The number of hydrogen-bond acceptors (Lipinski definition) is 2. The van der Waals surface area contributed by atoms with Crippen molar-refractivity contribution in [3.8, 4) is 6.07 Å². The highest BCUT2D eigenvalue weighted by Gasteiger charge is 2.41. The molecule has 0 aliphatic rings. The van der Waals surface area contributed by atoms with Crippen LogP contribution in [0.3, 0.4) is 0 Å². The second kappa shape index (κ2) is 4.79. The first-order valence-corrected chi connectivity index (χ1v) is 3.64. The van der Waals surface area contributed by atoms with Crippen molar-refractivity contribution in [1.29, 1.82) is 5.26 Å². The van der Waals surface area contributed by atoms with E-state index in [0.29, 0.717) is 0 Å². The van der Waals surface area contributed by atoms with Crippen LogP contribution in [0.5, 0.6) is 0 Å². The van der Waals surface area contributed by atoms with E-state index in [4.69, 9.17) is 5.26 Å². The fourth-order valence-electron chi connectivity index (χ4n) is 0.494. The monoisotopic (exact) mass is 212 g/mol. The average Bonchev–Trinajstić information content (AvgIpc) is 2.12. The van der Waals surface area contributed by atoms with E-state index in [0.717, 1.165) is 0 Å². The molecule has 0 saturated carbocycles. The Hall–Kier alpha value is -1.32. The van der Waals surface area contributed by atoms with E-state index >= 15 is 0 Å². The van der Waals surface area contributed by atoms with Crippen molar-refractivity contribution in [2.75, 3.05) is 6.54 Å². The number of amides is 1. The maximum atomic E-state index is 12.2. The standard InChI is InChI=1S/C7H8F4N2O/c1-4(2-12)5(14)13-3-7(10,11)6(8)9/h4,6H,3H2,1H3,(H,13,14). The molecule has 1 unspecified atom stereocenters. The summed E-state index contributed by atoms with van der Waals surface area (Å²) in [7, 11) is 0. The van der Waals surface area contributed by atoms with E-state index in [2.05, 4.69) is 0 Å². The molecule has 1 amide bonds. The Morgan fingerprint density at radius 2 is 2.07 bits per heavy atom. The molecule has 7 heteroatoms. The third-order valence-electron chi connectivity index (χ3n) is 1.40. The molecule has 3 nitrogen and oxygen atoms in total. The van der Waals surface area contributed by atoms with Crippen molar-refractivity contribution >= 4 is 5.91 Å². The molecule has 0 spiro atoms. The molecule has 0 rings (SSSR count). The van der Waals surface area contributed by atoms with Crippen LogP contribution < -0.4 is 5.32 Å². The summed E-state index contributed by atoms with van der Waals surface area (Å²) in [5, 5.41) is 9.76. The van der Waals surface area contributed by atoms with Gasteiger partial charge in [0.05, 0.1) is 12.6 Å². The lowest BCUT2D eigenvalue weighted by Gasteiger charge is -2.15. The van der Waals surface area contributed by atoms with E-state index in [1.54, 1.807) is 5.32 Å². The van der Waals surface area contributed by atoms with Gasteiger partial charge in [-0.1, -0.05) is 0 Å². The zero-order valence-corrected chi connectivity index (χ0v) is 7.23. The maximum absolute atomic E-state index is 12.2. The van der Waals surface area contributed by atoms with E-state index in [1.807, 2.05) is 0 Å². The van der Waals surface area contributed by atoms with Crippen molar-refractivity contribution in [3.05, 3.63) is 0 Å². The number of nitriles is 1. The van der Waals surface area contributed by atoms with Gasteiger partial charge in [0.2, 0.25) is 5.91 Å². The largest absolute Gasteiger partial charge is 0.349 e. The third-order valence-corrected chi connectivity index (χ3v) is 1.40. The molecule has 80 valence electrons. The third kappa shape index (κ3) is 3.60. The van der Waals surface area contributed by atoms with Crippen LogP contribution in [0.25, 0.3) is 0 Å². The number of nitrogens with one attached hydrogen (secondary N) is 1. The molecule has 0 heterocycles. The highest BCUT2D eigenvalue weighted by atomic mass is 19.3. The molecule has 0 fully saturated rings. The summed E-state index contributed by atoms with van der Waals surface area (Å²) in [5.41, 5.74) is 0. The van der Waals surface area contributed by atoms with Crippen LogP contribution in [0, 0.1) is 17.2 Å². The zero-order chi connectivity index (χ0) is 11.4. The molecule has 0 radical (unpaired) electrons. The van der Waals surface area contributed by atoms with Gasteiger partial charge in [0.15, 0.2) is 0 Å². The second-order valence-electron chi connectivity index (χ2n) is 2.63. The lowest BCUT2D eigenvalue weighted by atomic mass is 10.2. The SMILES string of the molecule is CC(C#N)C(=O)NCC(F)(F)C(F)F. The number of nitrogens with zero attached hydrogens (tertiary/aromatic N) is 1. The van der Waals surface area contributed by atoms with E-state index in [9.17, 15) is 22.4 Å². The maximum Gasteiger partial charge on any atom is 0.324 e. The fourth-order valence-corrected chi connectivity index (χ4v) is 0.494. The average molecular weight is 212 g/mol. The van der Waals surface area contributed by atoms with Gasteiger partial charge in [-0.15, -0.1) is 0 Å². The fraction of sp³-hybridized carbons (Fsp3) is 0.714. The molecule has 0 aliphatic carbocycles. The van der Waals surface area contributed by atoms with Crippen LogP contribution in [-0.2, 0) is 4.79 Å². The van der Waals surface area contributed by atoms with Crippen LogP contribution in [0.4, 0.5) is 17.6 Å². The molecular formula is C7H8F4N2O. The first-order valence-electron chi connectivity index (χ1n) is 3.64. The molecule has 0 aromatic heterocycles. The number of carbonyl (C=O) groups excluding carboxylic acids is 1. The molecule has 0 aromatic carbocycles. The van der Waals surface area contributed by atoms with Crippen LogP contribution in [-0.4, -0.2) is 24.8 Å². The van der Waals surface area contributed by atoms with Crippen LogP contribution in [0.15, 0.2) is 0 Å². The number of hydrogen-bond donors (Lipinski definition) is 1. The van der Waals surface area contributed by atoms with Crippen LogP contribution >= 0.6 is 0 Å². The van der Waals surface area contributed by atoms with Crippen molar-refractivity contribution in [1.82, 2.24) is 5.32 Å². The van der Waals surface area contributed by atoms with Gasteiger partial charge in [0, 0.05) is 0 Å². The Bertz CT molecular complexity index is 249. The van der Waals surface area contributed by atoms with Crippen molar-refractivity contribution in [3.63, 3.8) is 0 Å². The Morgan fingerprint density at radius 1 is 1.57 bits per heavy atom. The van der Waals surface area contributed by atoms with Gasteiger partial charge in [-0.2, -0.15) is 14.0 Å². The Balaban J connectivity index is 4.08. The van der Waals surface area contributed by atoms with E-state index in [1.165, 1.54) is 13.0 Å². The molecule has 0 aliphatic heterocycles. The lowest BCUT2D eigenvalue weighted by Crippen LogP contribution is -2.42. The van der Waals surface area contributed by atoms with Gasteiger partial charge in [0.1, 0.15) is 5.92 Å². The predicted molar refractivity (Wildman–Crippen MR) is 38.7 cm³/mol. The van der Waals surface area contributed by atoms with Crippen LogP contribution in [0.1, 0.15) is 6.92 Å². The molecule has 0 aromatic rings. The molecule has 0 bridgehead atoms. The number of halogens is 4. The van der Waals surface area contributed by atoms with Crippen molar-refractivity contribution in [2.45, 2.75) is 19.3 Å². The number of alkyl halides is 4. The minimum absolute atomic E-state index is 0.993. The van der Waals surface area contributed by atoms with Gasteiger partial charge in [-0.05, 0) is 6.92 Å². The van der Waals surface area contributed by atoms with Gasteiger partial charge < -0.3 is 5.32 Å². The van der Waals surface area contributed by atoms with Crippen molar-refractivity contribution < 1.29 is 22.4 Å². The smallest absolute Gasteiger partial charge is 0.324 e. The number of rotatable bonds is 4. The summed E-state index contributed by atoms with van der Waals surface area (Å²) in [5.74, 6) is -6.39. The van der Waals surface area contributed by atoms with Gasteiger partial charge in [0.25, 0.3) is 0 Å². The van der Waals surface area contributed by atoms with Crippen molar-refractivity contribution in [2.24, 2.45) is 5.92 Å². The topological polar surface area (TPSA) is 52.9 Å². The highest BCUT2D eigenvalue weighted by molar-refractivity contribution is 5.80. The van der Waals surface area contributed by atoms with E-state index in [-0.39, 0.29) is 0 Å².